The summed E-state index contributed by atoms with van der Waals surface area (Å²) in [4.78, 5) is 5.49. The molecule has 0 aromatic rings. The molecule has 0 spiro atoms. The van der Waals surface area contributed by atoms with E-state index in [-0.39, 0.29) is 0 Å². The highest BCUT2D eigenvalue weighted by atomic mass is 15.3. The van der Waals surface area contributed by atoms with Crippen LogP contribution in [-0.4, -0.2) is 48.1 Å². The number of fused-ring (bicyclic) bond motifs is 1. The van der Waals surface area contributed by atoms with Crippen molar-refractivity contribution in [3.63, 3.8) is 0 Å². The van der Waals surface area contributed by atoms with E-state index >= 15 is 0 Å². The molecule has 0 aromatic heterocycles. The molecule has 0 radical (unpaired) electrons. The summed E-state index contributed by atoms with van der Waals surface area (Å²) in [6.45, 7) is 7.82. The lowest BCUT2D eigenvalue weighted by molar-refractivity contribution is 0.0434. The Labute approximate surface area is 87.3 Å². The summed E-state index contributed by atoms with van der Waals surface area (Å²) in [7, 11) is 0. The standard InChI is InChI=1S/C12H22N2/c1-10-8-12(10)14-7-6-13-5-3-2-4-11(13)9-14/h10-12H,2-9H2,1H3. The minimum absolute atomic E-state index is 0.908. The predicted octanol–water partition coefficient (Wildman–Crippen LogP) is 1.56. The average Bonchev–Trinajstić information content (AvgIpc) is 2.95. The van der Waals surface area contributed by atoms with Gasteiger partial charge in [-0.2, -0.15) is 0 Å². The van der Waals surface area contributed by atoms with Gasteiger partial charge in [0.25, 0.3) is 0 Å². The highest BCUT2D eigenvalue weighted by molar-refractivity contribution is 4.96. The van der Waals surface area contributed by atoms with E-state index < -0.39 is 0 Å². The number of nitrogens with zero attached hydrogens (tertiary/aromatic N) is 2. The summed E-state index contributed by atoms with van der Waals surface area (Å²) in [5, 5.41) is 0. The highest BCUT2D eigenvalue weighted by Crippen LogP contribution is 2.36. The number of rotatable bonds is 1. The van der Waals surface area contributed by atoms with Crippen LogP contribution in [0.25, 0.3) is 0 Å². The summed E-state index contributed by atoms with van der Waals surface area (Å²) in [6.07, 6.45) is 5.83. The summed E-state index contributed by atoms with van der Waals surface area (Å²) in [5.41, 5.74) is 0. The maximum Gasteiger partial charge on any atom is 0.0223 e. The Balaban J connectivity index is 1.60. The second-order valence-corrected chi connectivity index (χ2v) is 5.46. The largest absolute Gasteiger partial charge is 0.298 e. The van der Waals surface area contributed by atoms with Gasteiger partial charge < -0.3 is 0 Å². The molecule has 0 amide bonds. The minimum atomic E-state index is 0.908. The van der Waals surface area contributed by atoms with Crippen molar-refractivity contribution in [2.45, 2.75) is 44.7 Å². The van der Waals surface area contributed by atoms with Crippen molar-refractivity contribution < 1.29 is 0 Å². The van der Waals surface area contributed by atoms with E-state index in [1.54, 1.807) is 0 Å². The van der Waals surface area contributed by atoms with E-state index in [0.29, 0.717) is 0 Å². The SMILES string of the molecule is CC1CC1N1CCN2CCCCC2C1. The molecule has 14 heavy (non-hydrogen) atoms. The quantitative estimate of drug-likeness (QED) is 0.625. The van der Waals surface area contributed by atoms with Crippen LogP contribution < -0.4 is 0 Å². The average molecular weight is 194 g/mol. The highest BCUT2D eigenvalue weighted by Gasteiger charge is 2.41. The molecule has 2 nitrogen and oxygen atoms in total. The minimum Gasteiger partial charge on any atom is -0.298 e. The van der Waals surface area contributed by atoms with Gasteiger partial charge in [-0.25, -0.2) is 0 Å². The topological polar surface area (TPSA) is 6.48 Å². The molecule has 2 saturated heterocycles. The third-order valence-corrected chi connectivity index (χ3v) is 4.40. The van der Waals surface area contributed by atoms with E-state index in [9.17, 15) is 0 Å². The third-order valence-electron chi connectivity index (χ3n) is 4.40. The molecule has 3 aliphatic rings. The Hall–Kier alpha value is -0.0800. The van der Waals surface area contributed by atoms with E-state index in [1.165, 1.54) is 51.9 Å². The second kappa shape index (κ2) is 3.49. The summed E-state index contributed by atoms with van der Waals surface area (Å²) in [5.74, 6) is 0.991. The van der Waals surface area contributed by atoms with E-state index in [1.807, 2.05) is 0 Å². The summed E-state index contributed by atoms with van der Waals surface area (Å²) >= 11 is 0. The first-order valence-electron chi connectivity index (χ1n) is 6.32. The first-order valence-corrected chi connectivity index (χ1v) is 6.32. The van der Waals surface area contributed by atoms with Crippen molar-refractivity contribution in [1.82, 2.24) is 9.80 Å². The van der Waals surface area contributed by atoms with Crippen molar-refractivity contribution in [1.29, 1.82) is 0 Å². The normalized spacial score (nSPS) is 44.8. The molecule has 2 heterocycles. The van der Waals surface area contributed by atoms with Crippen LogP contribution >= 0.6 is 0 Å². The molecule has 1 saturated carbocycles. The van der Waals surface area contributed by atoms with Crippen LogP contribution in [0.1, 0.15) is 32.6 Å². The summed E-state index contributed by atoms with van der Waals surface area (Å²) < 4.78 is 0. The zero-order valence-electron chi connectivity index (χ0n) is 9.28. The van der Waals surface area contributed by atoms with Crippen molar-refractivity contribution in [2.75, 3.05) is 26.2 Å². The number of piperazine rings is 1. The molecule has 0 bridgehead atoms. The van der Waals surface area contributed by atoms with Gasteiger partial charge in [0.2, 0.25) is 0 Å². The molecule has 2 heteroatoms. The van der Waals surface area contributed by atoms with Crippen LogP contribution in [0.4, 0.5) is 0 Å². The molecule has 0 aromatic carbocycles. The first kappa shape index (κ1) is 9.17. The number of hydrogen-bond donors (Lipinski definition) is 0. The zero-order valence-corrected chi connectivity index (χ0v) is 9.28. The van der Waals surface area contributed by atoms with E-state index in [0.717, 1.165) is 18.0 Å². The number of piperidine rings is 1. The van der Waals surface area contributed by atoms with Crippen LogP contribution in [0, 0.1) is 5.92 Å². The lowest BCUT2D eigenvalue weighted by Gasteiger charge is -2.44. The van der Waals surface area contributed by atoms with Crippen molar-refractivity contribution >= 4 is 0 Å². The van der Waals surface area contributed by atoms with Gasteiger partial charge in [0.15, 0.2) is 0 Å². The van der Waals surface area contributed by atoms with Crippen molar-refractivity contribution in [3.8, 4) is 0 Å². The Bertz CT molecular complexity index is 216. The van der Waals surface area contributed by atoms with Gasteiger partial charge in [-0.15, -0.1) is 0 Å². The molecule has 80 valence electrons. The maximum atomic E-state index is 2.76. The molecule has 0 N–H and O–H groups in total. The van der Waals surface area contributed by atoms with Crippen LogP contribution in [0.15, 0.2) is 0 Å². The van der Waals surface area contributed by atoms with Gasteiger partial charge in [0.05, 0.1) is 0 Å². The van der Waals surface area contributed by atoms with Crippen LogP contribution in [0.2, 0.25) is 0 Å². The fourth-order valence-corrected chi connectivity index (χ4v) is 3.29. The van der Waals surface area contributed by atoms with Gasteiger partial charge in [-0.3, -0.25) is 9.80 Å². The van der Waals surface area contributed by atoms with Crippen LogP contribution in [0.5, 0.6) is 0 Å². The van der Waals surface area contributed by atoms with Crippen molar-refractivity contribution in [2.24, 2.45) is 5.92 Å². The monoisotopic (exact) mass is 194 g/mol. The summed E-state index contributed by atoms with van der Waals surface area (Å²) in [6, 6.07) is 1.87. The Kier molecular flexibility index (Phi) is 2.29. The zero-order chi connectivity index (χ0) is 9.54. The Morgan fingerprint density at radius 3 is 2.57 bits per heavy atom. The Morgan fingerprint density at radius 1 is 1.00 bits per heavy atom. The third kappa shape index (κ3) is 1.59. The molecule has 3 unspecified atom stereocenters. The molecular formula is C12H22N2. The smallest absolute Gasteiger partial charge is 0.0223 e. The van der Waals surface area contributed by atoms with Gasteiger partial charge in [-0.1, -0.05) is 13.3 Å². The molecule has 2 aliphatic heterocycles. The maximum absolute atomic E-state index is 2.76. The fourth-order valence-electron chi connectivity index (χ4n) is 3.29. The lowest BCUT2D eigenvalue weighted by Crippen LogP contribution is -2.55. The molecule has 3 atom stereocenters. The first-order chi connectivity index (χ1) is 6.84. The molecular weight excluding hydrogens is 172 g/mol. The molecule has 1 aliphatic carbocycles. The van der Waals surface area contributed by atoms with Gasteiger partial charge >= 0.3 is 0 Å². The van der Waals surface area contributed by atoms with Gasteiger partial charge in [-0.05, 0) is 31.7 Å². The van der Waals surface area contributed by atoms with Crippen molar-refractivity contribution in [3.05, 3.63) is 0 Å². The van der Waals surface area contributed by atoms with E-state index in [2.05, 4.69) is 16.7 Å². The fraction of sp³-hybridized carbons (Fsp3) is 1.00. The lowest BCUT2D eigenvalue weighted by atomic mass is 9.99. The van der Waals surface area contributed by atoms with E-state index in [4.69, 9.17) is 0 Å². The van der Waals surface area contributed by atoms with Gasteiger partial charge in [0.1, 0.15) is 0 Å². The predicted molar refractivity (Wildman–Crippen MR) is 58.4 cm³/mol. The molecule has 3 rings (SSSR count). The van der Waals surface area contributed by atoms with Crippen LogP contribution in [-0.2, 0) is 0 Å². The van der Waals surface area contributed by atoms with Gasteiger partial charge in [0, 0.05) is 31.7 Å². The second-order valence-electron chi connectivity index (χ2n) is 5.46. The van der Waals surface area contributed by atoms with Crippen LogP contribution in [0.3, 0.4) is 0 Å². The Morgan fingerprint density at radius 2 is 1.79 bits per heavy atom. The molecule has 3 fully saturated rings. The number of hydrogen-bond acceptors (Lipinski definition) is 2.